The average Bonchev–Trinajstić information content (AvgIpc) is 2.28. The van der Waals surface area contributed by atoms with Crippen LogP contribution in [0, 0.1) is 0 Å². The molecule has 6 heteroatoms. The predicted molar refractivity (Wildman–Crippen MR) is 71.1 cm³/mol. The van der Waals surface area contributed by atoms with Gasteiger partial charge < -0.3 is 4.74 Å². The molecule has 1 aliphatic rings. The van der Waals surface area contributed by atoms with E-state index < -0.39 is 10.0 Å². The van der Waals surface area contributed by atoms with Gasteiger partial charge >= 0.3 is 0 Å². The van der Waals surface area contributed by atoms with Gasteiger partial charge in [-0.15, -0.1) is 0 Å². The highest BCUT2D eigenvalue weighted by molar-refractivity contribution is 9.10. The molecule has 0 aliphatic carbocycles. The van der Waals surface area contributed by atoms with Crippen molar-refractivity contribution in [2.45, 2.75) is 12.8 Å². The van der Waals surface area contributed by atoms with Crippen molar-refractivity contribution in [3.63, 3.8) is 0 Å². The van der Waals surface area contributed by atoms with E-state index in [4.69, 9.17) is 4.74 Å². The number of benzene rings is 1. The highest BCUT2D eigenvalue weighted by Gasteiger charge is 2.28. The van der Waals surface area contributed by atoms with E-state index in [1.54, 1.807) is 19.2 Å². The van der Waals surface area contributed by atoms with Crippen molar-refractivity contribution in [3.05, 3.63) is 22.7 Å². The van der Waals surface area contributed by atoms with Gasteiger partial charge in [-0.3, -0.25) is 4.31 Å². The lowest BCUT2D eigenvalue weighted by atomic mass is 10.2. The maximum Gasteiger partial charge on any atom is 0.235 e. The molecule has 0 atom stereocenters. The number of halogens is 1. The largest absolute Gasteiger partial charge is 0.495 e. The number of sulfonamides is 1. The quantitative estimate of drug-likeness (QED) is 0.840. The normalized spacial score (nSPS) is 19.1. The van der Waals surface area contributed by atoms with Gasteiger partial charge in [0, 0.05) is 11.0 Å². The lowest BCUT2D eigenvalue weighted by Crippen LogP contribution is -2.38. The number of rotatable bonds is 2. The monoisotopic (exact) mass is 319 g/mol. The summed E-state index contributed by atoms with van der Waals surface area (Å²) in [7, 11) is -1.65. The molecule has 1 aliphatic heterocycles. The van der Waals surface area contributed by atoms with E-state index in [1.807, 2.05) is 6.07 Å². The average molecular weight is 320 g/mol. The molecule has 0 aromatic heterocycles. The fraction of sp³-hybridized carbons (Fsp3) is 0.455. The lowest BCUT2D eigenvalue weighted by molar-refractivity contribution is 0.415. The van der Waals surface area contributed by atoms with Gasteiger partial charge in [0.25, 0.3) is 0 Å². The molecular formula is C11H14BrNO3S. The molecule has 1 aromatic rings. The lowest BCUT2D eigenvalue weighted by Gasteiger charge is -2.29. The number of hydrogen-bond acceptors (Lipinski definition) is 3. The van der Waals surface area contributed by atoms with E-state index in [2.05, 4.69) is 15.9 Å². The summed E-state index contributed by atoms with van der Waals surface area (Å²) >= 11 is 3.35. The van der Waals surface area contributed by atoms with Gasteiger partial charge in [-0.25, -0.2) is 8.42 Å². The molecule has 0 N–H and O–H groups in total. The van der Waals surface area contributed by atoms with Crippen LogP contribution in [0.1, 0.15) is 12.8 Å². The van der Waals surface area contributed by atoms with Gasteiger partial charge in [-0.2, -0.15) is 0 Å². The molecule has 0 spiro atoms. The van der Waals surface area contributed by atoms with Crippen LogP contribution >= 0.6 is 15.9 Å². The van der Waals surface area contributed by atoms with Crippen molar-refractivity contribution in [1.29, 1.82) is 0 Å². The number of nitrogens with zero attached hydrogens (tertiary/aromatic N) is 1. The predicted octanol–water partition coefficient (Wildman–Crippen LogP) is 2.39. The standard InChI is InChI=1S/C11H14BrNO3S/c1-16-11-5-4-9(12)8-10(11)13-6-2-3-7-17(13,14)15/h4-5,8H,2-3,6-7H2,1H3. The molecule has 0 unspecified atom stereocenters. The van der Waals surface area contributed by atoms with Crippen LogP contribution in [0.5, 0.6) is 5.75 Å². The van der Waals surface area contributed by atoms with Crippen molar-refractivity contribution in [2.24, 2.45) is 0 Å². The smallest absolute Gasteiger partial charge is 0.235 e. The Morgan fingerprint density at radius 1 is 1.35 bits per heavy atom. The summed E-state index contributed by atoms with van der Waals surface area (Å²) < 4.78 is 31.5. The summed E-state index contributed by atoms with van der Waals surface area (Å²) in [6.45, 7) is 0.523. The fourth-order valence-electron chi connectivity index (χ4n) is 1.92. The van der Waals surface area contributed by atoms with Crippen LogP contribution in [0.25, 0.3) is 0 Å². The molecule has 0 radical (unpaired) electrons. The summed E-state index contributed by atoms with van der Waals surface area (Å²) in [6.07, 6.45) is 1.62. The molecule has 0 amide bonds. The van der Waals surface area contributed by atoms with Crippen LogP contribution in [0.2, 0.25) is 0 Å². The SMILES string of the molecule is COc1ccc(Br)cc1N1CCCCS1(=O)=O. The highest BCUT2D eigenvalue weighted by Crippen LogP contribution is 2.34. The third-order valence-corrected chi connectivity index (χ3v) is 5.11. The minimum Gasteiger partial charge on any atom is -0.495 e. The van der Waals surface area contributed by atoms with E-state index in [-0.39, 0.29) is 5.75 Å². The van der Waals surface area contributed by atoms with Crippen molar-refractivity contribution in [3.8, 4) is 5.75 Å². The van der Waals surface area contributed by atoms with E-state index in [9.17, 15) is 8.42 Å². The van der Waals surface area contributed by atoms with Gasteiger partial charge in [0.1, 0.15) is 5.75 Å². The van der Waals surface area contributed by atoms with Gasteiger partial charge in [0.15, 0.2) is 0 Å². The Labute approximate surface area is 110 Å². The number of hydrogen-bond donors (Lipinski definition) is 0. The zero-order valence-corrected chi connectivity index (χ0v) is 11.9. The minimum atomic E-state index is -3.19. The van der Waals surface area contributed by atoms with Crippen molar-refractivity contribution < 1.29 is 13.2 Å². The minimum absolute atomic E-state index is 0.211. The molecule has 1 saturated heterocycles. The maximum absolute atomic E-state index is 12.0. The van der Waals surface area contributed by atoms with Crippen LogP contribution in [0.15, 0.2) is 22.7 Å². The van der Waals surface area contributed by atoms with E-state index in [0.717, 1.165) is 17.3 Å². The van der Waals surface area contributed by atoms with Crippen LogP contribution in [-0.2, 0) is 10.0 Å². The van der Waals surface area contributed by atoms with Crippen molar-refractivity contribution in [1.82, 2.24) is 0 Å². The zero-order chi connectivity index (χ0) is 12.5. The third kappa shape index (κ3) is 2.57. The molecule has 94 valence electrons. The molecule has 1 aromatic carbocycles. The topological polar surface area (TPSA) is 46.6 Å². The van der Waals surface area contributed by atoms with E-state index >= 15 is 0 Å². The molecule has 0 bridgehead atoms. The molecule has 4 nitrogen and oxygen atoms in total. The molecular weight excluding hydrogens is 306 g/mol. The second-order valence-electron chi connectivity index (χ2n) is 3.91. The summed E-state index contributed by atoms with van der Waals surface area (Å²) in [4.78, 5) is 0. The summed E-state index contributed by atoms with van der Waals surface area (Å²) in [5, 5.41) is 0. The van der Waals surface area contributed by atoms with Crippen LogP contribution in [0.3, 0.4) is 0 Å². The number of ether oxygens (including phenoxy) is 1. The zero-order valence-electron chi connectivity index (χ0n) is 9.52. The molecule has 17 heavy (non-hydrogen) atoms. The first kappa shape index (κ1) is 12.7. The Bertz CT molecular complexity index is 515. The van der Waals surface area contributed by atoms with Crippen LogP contribution < -0.4 is 9.04 Å². The first-order valence-corrected chi connectivity index (χ1v) is 7.79. The summed E-state index contributed by atoms with van der Waals surface area (Å²) in [6, 6.07) is 5.38. The molecule has 0 saturated carbocycles. The van der Waals surface area contributed by atoms with Gasteiger partial charge in [-0.05, 0) is 31.0 Å². The Morgan fingerprint density at radius 2 is 2.12 bits per heavy atom. The van der Waals surface area contributed by atoms with Crippen molar-refractivity contribution >= 4 is 31.6 Å². The van der Waals surface area contributed by atoms with Crippen LogP contribution in [0.4, 0.5) is 5.69 Å². The van der Waals surface area contributed by atoms with Gasteiger partial charge in [0.2, 0.25) is 10.0 Å². The Hall–Kier alpha value is -0.750. The first-order chi connectivity index (χ1) is 8.04. The third-order valence-electron chi connectivity index (χ3n) is 2.76. The van der Waals surface area contributed by atoms with Gasteiger partial charge in [-0.1, -0.05) is 15.9 Å². The van der Waals surface area contributed by atoms with Gasteiger partial charge in [0.05, 0.1) is 18.6 Å². The number of anilines is 1. The number of methoxy groups -OCH3 is 1. The van der Waals surface area contributed by atoms with Crippen LogP contribution in [-0.4, -0.2) is 27.8 Å². The Morgan fingerprint density at radius 3 is 2.76 bits per heavy atom. The van der Waals surface area contributed by atoms with E-state index in [0.29, 0.717) is 18.0 Å². The summed E-state index contributed by atoms with van der Waals surface area (Å²) in [5.74, 6) is 0.793. The molecule has 2 rings (SSSR count). The highest BCUT2D eigenvalue weighted by atomic mass is 79.9. The Kier molecular flexibility index (Phi) is 3.63. The second kappa shape index (κ2) is 4.86. The van der Waals surface area contributed by atoms with E-state index in [1.165, 1.54) is 4.31 Å². The fourth-order valence-corrected chi connectivity index (χ4v) is 3.91. The first-order valence-electron chi connectivity index (χ1n) is 5.38. The molecule has 1 heterocycles. The maximum atomic E-state index is 12.0. The Balaban J connectivity index is 2.48. The van der Waals surface area contributed by atoms with Crippen molar-refractivity contribution in [2.75, 3.05) is 23.7 Å². The summed E-state index contributed by atoms with van der Waals surface area (Å²) in [5.41, 5.74) is 0.613. The second-order valence-corrected chi connectivity index (χ2v) is 6.84. The molecule has 1 fully saturated rings.